The zero-order chi connectivity index (χ0) is 33.7. The number of rotatable bonds is 7. The van der Waals surface area contributed by atoms with Gasteiger partial charge in [-0.05, 0) is 72.1 Å². The van der Waals surface area contributed by atoms with Crippen molar-refractivity contribution in [1.82, 2.24) is 0 Å². The molecule has 0 unspecified atom stereocenters. The first kappa shape index (κ1) is 31.8. The number of hydrogen-bond acceptors (Lipinski definition) is 11. The molecule has 6 aromatic rings. The molecule has 0 aliphatic rings. The van der Waals surface area contributed by atoms with E-state index in [-0.39, 0.29) is 49.0 Å². The fourth-order valence-corrected chi connectivity index (χ4v) is 6.67. The normalized spacial score (nSPS) is 13.0. The SMILES string of the molecule is Nc1ccc(N=Nc2ccc(N=Nc3ccc4cccc(S(=O)(=O)O)c4c3)c3ccc(S(=O)(=O)O)cc23)c2ccc(S(=O)(=O)O)cc12. The van der Waals surface area contributed by atoms with E-state index in [0.717, 1.165) is 0 Å². The Bertz CT molecular complexity index is 2680. The molecule has 0 radical (unpaired) electrons. The van der Waals surface area contributed by atoms with E-state index >= 15 is 0 Å². The van der Waals surface area contributed by atoms with Gasteiger partial charge in [0, 0.05) is 32.6 Å². The Hall–Kier alpha value is -5.17. The number of nitrogen functional groups attached to an aromatic ring is 1. The number of fused-ring (bicyclic) bond motifs is 3. The summed E-state index contributed by atoms with van der Waals surface area (Å²) in [5, 5.41) is 19.2. The van der Waals surface area contributed by atoms with Gasteiger partial charge in [-0.1, -0.05) is 30.3 Å². The highest BCUT2D eigenvalue weighted by Gasteiger charge is 2.17. The molecule has 14 nitrogen and oxygen atoms in total. The second-order valence-electron chi connectivity index (χ2n) is 10.2. The van der Waals surface area contributed by atoms with Crippen molar-refractivity contribution in [2.75, 3.05) is 5.73 Å². The van der Waals surface area contributed by atoms with Gasteiger partial charge in [-0.2, -0.15) is 30.4 Å². The number of benzene rings is 6. The Morgan fingerprint density at radius 2 is 1.00 bits per heavy atom. The minimum atomic E-state index is -4.61. The van der Waals surface area contributed by atoms with Crippen LogP contribution in [0.4, 0.5) is 28.4 Å². The summed E-state index contributed by atoms with van der Waals surface area (Å²) in [7, 11) is -13.6. The van der Waals surface area contributed by atoms with Crippen LogP contribution >= 0.6 is 0 Å². The van der Waals surface area contributed by atoms with Gasteiger partial charge >= 0.3 is 0 Å². The van der Waals surface area contributed by atoms with E-state index in [0.29, 0.717) is 21.5 Å². The molecule has 0 bridgehead atoms. The van der Waals surface area contributed by atoms with Crippen LogP contribution in [0, 0.1) is 0 Å². The summed E-state index contributed by atoms with van der Waals surface area (Å²) in [6, 6.07) is 22.7. The molecule has 0 amide bonds. The summed E-state index contributed by atoms with van der Waals surface area (Å²) >= 11 is 0. The number of hydrogen-bond donors (Lipinski definition) is 4. The van der Waals surface area contributed by atoms with Gasteiger partial charge in [0.05, 0.1) is 32.5 Å². The minimum absolute atomic E-state index is 0.174. The Morgan fingerprint density at radius 1 is 0.468 bits per heavy atom. The molecule has 0 heterocycles. The summed E-state index contributed by atoms with van der Waals surface area (Å²) in [6.07, 6.45) is 0. The predicted molar refractivity (Wildman–Crippen MR) is 174 cm³/mol. The highest BCUT2D eigenvalue weighted by molar-refractivity contribution is 7.86. The standard InChI is InChI=1S/C30H21N5O9S3/c31-26-10-11-27(21-8-6-19(15-24(21)26)45(36,37)38)34-35-29-13-12-28(22-9-7-20(16-25(22)29)46(39,40)41)33-32-18-5-4-17-2-1-3-30(23(17)14-18)47(42,43)44/h1-16H,31H2,(H,36,37,38)(H,39,40,41)(H,42,43,44). The van der Waals surface area contributed by atoms with Gasteiger partial charge in [0.25, 0.3) is 30.4 Å². The van der Waals surface area contributed by atoms with Crippen LogP contribution in [0.5, 0.6) is 0 Å². The van der Waals surface area contributed by atoms with E-state index < -0.39 is 35.2 Å². The van der Waals surface area contributed by atoms with Crippen molar-refractivity contribution >= 4 is 91.1 Å². The first-order valence-electron chi connectivity index (χ1n) is 13.3. The topological polar surface area (TPSA) is 239 Å². The van der Waals surface area contributed by atoms with Crippen LogP contribution in [0.25, 0.3) is 32.3 Å². The van der Waals surface area contributed by atoms with Gasteiger partial charge in [-0.15, -0.1) is 15.3 Å². The van der Waals surface area contributed by atoms with Crippen molar-refractivity contribution in [3.63, 3.8) is 0 Å². The van der Waals surface area contributed by atoms with Gasteiger partial charge in [0.1, 0.15) is 4.90 Å². The third-order valence-electron chi connectivity index (χ3n) is 7.18. The number of nitrogens with zero attached hydrogens (tertiary/aromatic N) is 4. The maximum Gasteiger partial charge on any atom is 0.295 e. The molecular weight excluding hydrogens is 671 g/mol. The average Bonchev–Trinajstić information content (AvgIpc) is 3.01. The second kappa shape index (κ2) is 11.6. The summed E-state index contributed by atoms with van der Waals surface area (Å²) in [5.41, 5.74) is 7.23. The monoisotopic (exact) mass is 691 g/mol. The third kappa shape index (κ3) is 6.43. The fraction of sp³-hybridized carbons (Fsp3) is 0. The van der Waals surface area contributed by atoms with Crippen molar-refractivity contribution in [3.05, 3.63) is 97.1 Å². The summed E-state index contributed by atoms with van der Waals surface area (Å²) in [6.45, 7) is 0. The third-order valence-corrected chi connectivity index (χ3v) is 9.79. The van der Waals surface area contributed by atoms with Crippen molar-refractivity contribution in [2.24, 2.45) is 20.5 Å². The zero-order valence-corrected chi connectivity index (χ0v) is 26.1. The van der Waals surface area contributed by atoms with Gasteiger partial charge in [-0.3, -0.25) is 13.7 Å². The molecular formula is C30H21N5O9S3. The molecule has 0 aliphatic heterocycles. The first-order chi connectivity index (χ1) is 22.1. The van der Waals surface area contributed by atoms with E-state index in [1.165, 1.54) is 72.8 Å². The van der Waals surface area contributed by atoms with E-state index in [4.69, 9.17) is 5.73 Å². The first-order valence-corrected chi connectivity index (χ1v) is 17.6. The van der Waals surface area contributed by atoms with Crippen LogP contribution in [-0.4, -0.2) is 38.9 Å². The molecule has 0 atom stereocenters. The maximum atomic E-state index is 12.0. The number of azo groups is 2. The summed E-state index contributed by atoms with van der Waals surface area (Å²) in [4.78, 5) is -1.07. The maximum absolute atomic E-state index is 12.0. The van der Waals surface area contributed by atoms with Crippen LogP contribution in [0.3, 0.4) is 0 Å². The van der Waals surface area contributed by atoms with Gasteiger partial charge in [0.2, 0.25) is 0 Å². The summed E-state index contributed by atoms with van der Waals surface area (Å²) in [5.74, 6) is 0. The fourth-order valence-electron chi connectivity index (χ4n) is 4.95. The lowest BCUT2D eigenvalue weighted by Crippen LogP contribution is -1.98. The summed E-state index contributed by atoms with van der Waals surface area (Å²) < 4.78 is 99.7. The van der Waals surface area contributed by atoms with Crippen molar-refractivity contribution < 1.29 is 38.9 Å². The van der Waals surface area contributed by atoms with Gasteiger partial charge < -0.3 is 5.73 Å². The van der Waals surface area contributed by atoms with Crippen LogP contribution in [0.1, 0.15) is 0 Å². The van der Waals surface area contributed by atoms with E-state index in [1.54, 1.807) is 24.3 Å². The molecule has 0 saturated heterocycles. The predicted octanol–water partition coefficient (Wildman–Crippen LogP) is 7.30. The Labute approximate surface area is 267 Å². The van der Waals surface area contributed by atoms with Crippen LogP contribution in [0.15, 0.2) is 132 Å². The molecule has 238 valence electrons. The van der Waals surface area contributed by atoms with Crippen LogP contribution < -0.4 is 5.73 Å². The smallest absolute Gasteiger partial charge is 0.295 e. The van der Waals surface area contributed by atoms with E-state index in [9.17, 15) is 38.9 Å². The lowest BCUT2D eigenvalue weighted by Gasteiger charge is -2.08. The van der Waals surface area contributed by atoms with Crippen LogP contribution in [-0.2, 0) is 30.4 Å². The Kier molecular flexibility index (Phi) is 7.83. The van der Waals surface area contributed by atoms with Gasteiger partial charge in [-0.25, -0.2) is 0 Å². The largest absolute Gasteiger partial charge is 0.398 e. The molecule has 0 aliphatic carbocycles. The molecule has 6 aromatic carbocycles. The van der Waals surface area contributed by atoms with Crippen LogP contribution in [0.2, 0.25) is 0 Å². The van der Waals surface area contributed by atoms with Crippen molar-refractivity contribution in [3.8, 4) is 0 Å². The zero-order valence-electron chi connectivity index (χ0n) is 23.6. The second-order valence-corrected chi connectivity index (χ2v) is 14.4. The lowest BCUT2D eigenvalue weighted by molar-refractivity contribution is 0.481. The highest BCUT2D eigenvalue weighted by atomic mass is 32.2. The molecule has 0 spiro atoms. The molecule has 17 heteroatoms. The average molecular weight is 692 g/mol. The van der Waals surface area contributed by atoms with Gasteiger partial charge in [0.15, 0.2) is 0 Å². The lowest BCUT2D eigenvalue weighted by atomic mass is 10.1. The molecule has 0 fully saturated rings. The Morgan fingerprint density at radius 3 is 1.60 bits per heavy atom. The molecule has 0 aromatic heterocycles. The van der Waals surface area contributed by atoms with E-state index in [2.05, 4.69) is 20.5 Å². The number of anilines is 1. The number of nitrogens with two attached hydrogens (primary N) is 1. The quantitative estimate of drug-likeness (QED) is 0.0739. The van der Waals surface area contributed by atoms with Crippen molar-refractivity contribution in [2.45, 2.75) is 14.7 Å². The highest BCUT2D eigenvalue weighted by Crippen LogP contribution is 2.39. The van der Waals surface area contributed by atoms with E-state index in [1.807, 2.05) is 0 Å². The molecule has 47 heavy (non-hydrogen) atoms. The Balaban J connectivity index is 1.45. The molecule has 0 saturated carbocycles. The minimum Gasteiger partial charge on any atom is -0.398 e. The molecule has 6 rings (SSSR count). The molecule has 5 N–H and O–H groups in total. The van der Waals surface area contributed by atoms with Crippen molar-refractivity contribution in [1.29, 1.82) is 0 Å².